The van der Waals surface area contributed by atoms with Gasteiger partial charge in [-0.2, -0.15) is 0 Å². The van der Waals surface area contributed by atoms with Crippen molar-refractivity contribution in [1.82, 2.24) is 4.57 Å². The molecule has 3 rings (SSSR count). The molecule has 1 aliphatic rings. The standard InChI is InChI=1S/C18H20N2O2S/c1-2-15-18(22-13-14-6-4-3-5-7-14)16(21)8-10-20(15)12-17-19-9-11-23-17/h3-8,10H,2,9,11-13H2,1H3. The van der Waals surface area contributed by atoms with E-state index in [2.05, 4.69) is 9.56 Å². The zero-order valence-electron chi connectivity index (χ0n) is 13.2. The highest BCUT2D eigenvalue weighted by Gasteiger charge is 2.14. The van der Waals surface area contributed by atoms with Crippen LogP contribution in [0.4, 0.5) is 0 Å². The van der Waals surface area contributed by atoms with Crippen LogP contribution in [0.25, 0.3) is 0 Å². The van der Waals surface area contributed by atoms with Crippen molar-refractivity contribution in [2.75, 3.05) is 12.3 Å². The van der Waals surface area contributed by atoms with Gasteiger partial charge in [-0.15, -0.1) is 11.8 Å². The van der Waals surface area contributed by atoms with E-state index >= 15 is 0 Å². The molecular weight excluding hydrogens is 308 g/mol. The van der Waals surface area contributed by atoms with E-state index in [0.29, 0.717) is 12.4 Å². The Morgan fingerprint density at radius 3 is 2.78 bits per heavy atom. The minimum atomic E-state index is -0.0601. The molecular formula is C18H20N2O2S. The number of rotatable bonds is 6. The zero-order chi connectivity index (χ0) is 16.1. The largest absolute Gasteiger partial charge is 0.483 e. The predicted molar refractivity (Wildman–Crippen MR) is 95.6 cm³/mol. The van der Waals surface area contributed by atoms with E-state index in [1.54, 1.807) is 17.8 Å². The van der Waals surface area contributed by atoms with Gasteiger partial charge in [0, 0.05) is 24.6 Å². The highest BCUT2D eigenvalue weighted by atomic mass is 32.2. The first-order chi connectivity index (χ1) is 11.3. The van der Waals surface area contributed by atoms with Gasteiger partial charge in [-0.3, -0.25) is 9.79 Å². The van der Waals surface area contributed by atoms with Crippen LogP contribution in [-0.4, -0.2) is 21.9 Å². The molecule has 2 aromatic rings. The lowest BCUT2D eigenvalue weighted by Gasteiger charge is -2.16. The summed E-state index contributed by atoms with van der Waals surface area (Å²) in [5.74, 6) is 1.51. The highest BCUT2D eigenvalue weighted by molar-refractivity contribution is 8.14. The first-order valence-electron chi connectivity index (χ1n) is 7.83. The summed E-state index contributed by atoms with van der Waals surface area (Å²) >= 11 is 1.79. The molecule has 120 valence electrons. The van der Waals surface area contributed by atoms with Crippen molar-refractivity contribution in [1.29, 1.82) is 0 Å². The first-order valence-corrected chi connectivity index (χ1v) is 8.81. The molecule has 2 heterocycles. The second-order valence-corrected chi connectivity index (χ2v) is 6.50. The van der Waals surface area contributed by atoms with E-state index in [1.807, 2.05) is 43.5 Å². The quantitative estimate of drug-likeness (QED) is 0.818. The molecule has 0 saturated heterocycles. The lowest BCUT2D eigenvalue weighted by molar-refractivity contribution is 0.296. The van der Waals surface area contributed by atoms with E-state index in [-0.39, 0.29) is 5.43 Å². The third-order valence-electron chi connectivity index (χ3n) is 3.75. The van der Waals surface area contributed by atoms with Crippen LogP contribution in [0.3, 0.4) is 0 Å². The van der Waals surface area contributed by atoms with E-state index in [4.69, 9.17) is 4.74 Å². The number of benzene rings is 1. The molecule has 0 N–H and O–H groups in total. The lowest BCUT2D eigenvalue weighted by Crippen LogP contribution is -2.18. The monoisotopic (exact) mass is 328 g/mol. The molecule has 0 radical (unpaired) electrons. The third-order valence-corrected chi connectivity index (χ3v) is 4.73. The van der Waals surface area contributed by atoms with Gasteiger partial charge in [0.2, 0.25) is 5.43 Å². The molecule has 0 saturated carbocycles. The lowest BCUT2D eigenvalue weighted by atomic mass is 10.2. The summed E-state index contributed by atoms with van der Waals surface area (Å²) in [6.07, 6.45) is 2.59. The number of thioether (sulfide) groups is 1. The Morgan fingerprint density at radius 1 is 1.26 bits per heavy atom. The average molecular weight is 328 g/mol. The van der Waals surface area contributed by atoms with Crippen LogP contribution < -0.4 is 10.2 Å². The number of hydrogen-bond donors (Lipinski definition) is 0. The van der Waals surface area contributed by atoms with Crippen molar-refractivity contribution in [3.8, 4) is 5.75 Å². The Balaban J connectivity index is 1.84. The molecule has 1 aliphatic heterocycles. The van der Waals surface area contributed by atoms with Gasteiger partial charge in [-0.25, -0.2) is 0 Å². The smallest absolute Gasteiger partial charge is 0.223 e. The van der Waals surface area contributed by atoms with Crippen molar-refractivity contribution in [2.24, 2.45) is 4.99 Å². The minimum absolute atomic E-state index is 0.0601. The number of aliphatic imine (C=N–C) groups is 1. The summed E-state index contributed by atoms with van der Waals surface area (Å²) in [7, 11) is 0. The molecule has 0 bridgehead atoms. The number of aromatic nitrogens is 1. The number of hydrogen-bond acceptors (Lipinski definition) is 4. The molecule has 0 amide bonds. The summed E-state index contributed by atoms with van der Waals surface area (Å²) in [6.45, 7) is 4.06. The molecule has 4 nitrogen and oxygen atoms in total. The number of ether oxygens (including phenoxy) is 1. The van der Waals surface area contributed by atoms with Crippen LogP contribution in [0.15, 0.2) is 52.4 Å². The molecule has 1 aromatic carbocycles. The van der Waals surface area contributed by atoms with Crippen molar-refractivity contribution < 1.29 is 4.74 Å². The van der Waals surface area contributed by atoms with Crippen molar-refractivity contribution >= 4 is 16.8 Å². The van der Waals surface area contributed by atoms with Gasteiger partial charge in [0.05, 0.1) is 17.3 Å². The molecule has 0 fully saturated rings. The van der Waals surface area contributed by atoms with Gasteiger partial charge in [0.1, 0.15) is 6.61 Å². The maximum absolute atomic E-state index is 12.2. The Kier molecular flexibility index (Phi) is 5.18. The summed E-state index contributed by atoms with van der Waals surface area (Å²) in [6, 6.07) is 11.5. The maximum Gasteiger partial charge on any atom is 0.223 e. The van der Waals surface area contributed by atoms with Crippen LogP contribution >= 0.6 is 11.8 Å². The molecule has 23 heavy (non-hydrogen) atoms. The molecule has 5 heteroatoms. The molecule has 0 atom stereocenters. The van der Waals surface area contributed by atoms with Crippen molar-refractivity contribution in [2.45, 2.75) is 26.5 Å². The molecule has 0 unspecified atom stereocenters. The zero-order valence-corrected chi connectivity index (χ0v) is 14.0. The van der Waals surface area contributed by atoms with E-state index in [9.17, 15) is 4.79 Å². The molecule has 0 aliphatic carbocycles. The predicted octanol–water partition coefficient (Wildman–Crippen LogP) is 3.14. The fourth-order valence-corrected chi connectivity index (χ4v) is 3.44. The highest BCUT2D eigenvalue weighted by Crippen LogP contribution is 2.19. The summed E-state index contributed by atoms with van der Waals surface area (Å²) in [5, 5.41) is 1.12. The van der Waals surface area contributed by atoms with Gasteiger partial charge in [0.25, 0.3) is 0 Å². The number of pyridine rings is 1. The minimum Gasteiger partial charge on any atom is -0.483 e. The van der Waals surface area contributed by atoms with E-state index < -0.39 is 0 Å². The second kappa shape index (κ2) is 7.51. The maximum atomic E-state index is 12.2. The summed E-state index contributed by atoms with van der Waals surface area (Å²) in [5.41, 5.74) is 1.93. The second-order valence-electron chi connectivity index (χ2n) is 5.34. The Morgan fingerprint density at radius 2 is 2.09 bits per heavy atom. The van der Waals surface area contributed by atoms with Gasteiger partial charge in [-0.1, -0.05) is 37.3 Å². The normalized spacial score (nSPS) is 13.9. The third kappa shape index (κ3) is 3.85. The first kappa shape index (κ1) is 15.9. The van der Waals surface area contributed by atoms with Crippen LogP contribution in [0.1, 0.15) is 18.2 Å². The van der Waals surface area contributed by atoms with E-state index in [1.165, 1.54) is 0 Å². The van der Waals surface area contributed by atoms with Crippen LogP contribution in [0, 0.1) is 0 Å². The van der Waals surface area contributed by atoms with Gasteiger partial charge in [-0.05, 0) is 12.0 Å². The fraction of sp³-hybridized carbons (Fsp3) is 0.333. The SMILES string of the molecule is CCc1c(OCc2ccccc2)c(=O)ccn1CC1=NCCS1. The summed E-state index contributed by atoms with van der Waals surface area (Å²) < 4.78 is 7.95. The van der Waals surface area contributed by atoms with Crippen LogP contribution in [0.5, 0.6) is 5.75 Å². The van der Waals surface area contributed by atoms with Crippen molar-refractivity contribution in [3.63, 3.8) is 0 Å². The average Bonchev–Trinajstić information content (AvgIpc) is 3.09. The van der Waals surface area contributed by atoms with Gasteiger partial charge < -0.3 is 9.30 Å². The molecule has 0 spiro atoms. The van der Waals surface area contributed by atoms with E-state index in [0.717, 1.165) is 41.6 Å². The Hall–Kier alpha value is -2.01. The van der Waals surface area contributed by atoms with Crippen molar-refractivity contribution in [3.05, 3.63) is 64.1 Å². The summed E-state index contributed by atoms with van der Waals surface area (Å²) in [4.78, 5) is 16.7. The topological polar surface area (TPSA) is 43.6 Å². The number of nitrogens with zero attached hydrogens (tertiary/aromatic N) is 2. The van der Waals surface area contributed by atoms with Gasteiger partial charge in [0.15, 0.2) is 5.75 Å². The van der Waals surface area contributed by atoms with Crippen LogP contribution in [-0.2, 0) is 19.6 Å². The molecule has 1 aromatic heterocycles. The fourth-order valence-electron chi connectivity index (χ4n) is 2.61. The van der Waals surface area contributed by atoms with Crippen LogP contribution in [0.2, 0.25) is 0 Å². The Labute approximate surface area is 140 Å². The Bertz CT molecular complexity index is 753. The van der Waals surface area contributed by atoms with Gasteiger partial charge >= 0.3 is 0 Å².